The van der Waals surface area contributed by atoms with Crippen LogP contribution >= 0.6 is 11.6 Å². The van der Waals surface area contributed by atoms with E-state index in [0.717, 1.165) is 12.2 Å². The number of nitrogens with two attached hydrogens (primary N) is 1. The van der Waals surface area contributed by atoms with E-state index in [-0.39, 0.29) is 5.54 Å². The molecule has 0 radical (unpaired) electrons. The zero-order valence-electron chi connectivity index (χ0n) is 8.89. The van der Waals surface area contributed by atoms with E-state index in [1.807, 2.05) is 6.07 Å². The van der Waals surface area contributed by atoms with Crippen LogP contribution in [0.5, 0.6) is 0 Å². The monoisotopic (exact) mass is 225 g/mol. The Kier molecular flexibility index (Phi) is 2.74. The van der Waals surface area contributed by atoms with E-state index in [9.17, 15) is 0 Å². The quantitative estimate of drug-likeness (QED) is 0.778. The van der Waals surface area contributed by atoms with Crippen molar-refractivity contribution in [2.24, 2.45) is 0 Å². The number of hydrogen-bond donors (Lipinski definition) is 2. The Labute approximate surface area is 95.0 Å². The number of pyridine rings is 1. The van der Waals surface area contributed by atoms with Crippen LogP contribution in [-0.4, -0.2) is 10.5 Å². The number of anilines is 2. The van der Waals surface area contributed by atoms with Crippen molar-refractivity contribution < 1.29 is 0 Å². The van der Waals surface area contributed by atoms with Crippen molar-refractivity contribution in [2.45, 2.75) is 38.1 Å². The van der Waals surface area contributed by atoms with Crippen molar-refractivity contribution >= 4 is 23.1 Å². The summed E-state index contributed by atoms with van der Waals surface area (Å²) >= 11 is 5.85. The molecule has 1 saturated carbocycles. The zero-order valence-corrected chi connectivity index (χ0v) is 9.64. The molecule has 15 heavy (non-hydrogen) atoms. The lowest BCUT2D eigenvalue weighted by Crippen LogP contribution is -2.44. The number of aromatic nitrogens is 1. The molecular formula is C11H16ClN3. The second-order valence-electron chi connectivity index (χ2n) is 4.22. The Hall–Kier alpha value is -0.960. The molecule has 1 heterocycles. The molecule has 0 bridgehead atoms. The Morgan fingerprint density at radius 2 is 2.27 bits per heavy atom. The van der Waals surface area contributed by atoms with Crippen LogP contribution in [-0.2, 0) is 0 Å². The van der Waals surface area contributed by atoms with Gasteiger partial charge in [-0.15, -0.1) is 0 Å². The minimum absolute atomic E-state index is 0.226. The highest BCUT2D eigenvalue weighted by Crippen LogP contribution is 2.37. The molecule has 1 aliphatic carbocycles. The highest BCUT2D eigenvalue weighted by Gasteiger charge is 2.35. The van der Waals surface area contributed by atoms with Gasteiger partial charge in [0.15, 0.2) is 0 Å². The van der Waals surface area contributed by atoms with Gasteiger partial charge < -0.3 is 11.1 Å². The molecule has 1 aromatic heterocycles. The van der Waals surface area contributed by atoms with Gasteiger partial charge in [-0.05, 0) is 31.7 Å². The largest absolute Gasteiger partial charge is 0.399 e. The Balaban J connectivity index is 2.16. The van der Waals surface area contributed by atoms with Gasteiger partial charge in [0.25, 0.3) is 0 Å². The third-order valence-electron chi connectivity index (χ3n) is 3.20. The molecule has 4 heteroatoms. The summed E-state index contributed by atoms with van der Waals surface area (Å²) in [7, 11) is 0. The van der Waals surface area contributed by atoms with Gasteiger partial charge in [-0.25, -0.2) is 4.98 Å². The first kappa shape index (κ1) is 10.6. The number of nitrogens with one attached hydrogen (secondary N) is 1. The van der Waals surface area contributed by atoms with Gasteiger partial charge >= 0.3 is 0 Å². The van der Waals surface area contributed by atoms with Crippen molar-refractivity contribution in [2.75, 3.05) is 11.1 Å². The van der Waals surface area contributed by atoms with Crippen molar-refractivity contribution in [3.05, 3.63) is 17.3 Å². The smallest absolute Gasteiger partial charge is 0.133 e. The van der Waals surface area contributed by atoms with Crippen LogP contribution in [0, 0.1) is 0 Å². The van der Waals surface area contributed by atoms with Crippen LogP contribution in [0.3, 0.4) is 0 Å². The summed E-state index contributed by atoms with van der Waals surface area (Å²) in [4.78, 5) is 4.22. The van der Waals surface area contributed by atoms with E-state index < -0.39 is 0 Å². The van der Waals surface area contributed by atoms with Crippen LogP contribution in [0.1, 0.15) is 32.6 Å². The highest BCUT2D eigenvalue weighted by atomic mass is 35.5. The summed E-state index contributed by atoms with van der Waals surface area (Å²) in [5, 5.41) is 3.89. The summed E-state index contributed by atoms with van der Waals surface area (Å²) in [6.07, 6.45) is 4.81. The van der Waals surface area contributed by atoms with Crippen molar-refractivity contribution in [3.63, 3.8) is 0 Å². The van der Waals surface area contributed by atoms with Gasteiger partial charge in [0.05, 0.1) is 0 Å². The molecule has 1 aliphatic rings. The van der Waals surface area contributed by atoms with Gasteiger partial charge in [0, 0.05) is 17.3 Å². The average Bonchev–Trinajstić information content (AvgIpc) is 2.10. The topological polar surface area (TPSA) is 50.9 Å². The van der Waals surface area contributed by atoms with Gasteiger partial charge in [0.1, 0.15) is 11.0 Å². The first-order chi connectivity index (χ1) is 7.13. The first-order valence-corrected chi connectivity index (χ1v) is 5.73. The molecule has 0 spiro atoms. The minimum atomic E-state index is 0.226. The summed E-state index contributed by atoms with van der Waals surface area (Å²) in [5.74, 6) is 0.793. The maximum absolute atomic E-state index is 5.85. The lowest BCUT2D eigenvalue weighted by Gasteiger charge is -2.42. The standard InChI is InChI=1S/C11H16ClN3/c1-2-11(4-3-5-11)15-10-7-8(13)6-9(12)14-10/h6-7H,2-5H2,1H3,(H3,13,14,15). The zero-order chi connectivity index (χ0) is 10.9. The second-order valence-corrected chi connectivity index (χ2v) is 4.61. The van der Waals surface area contributed by atoms with E-state index in [1.54, 1.807) is 6.07 Å². The van der Waals surface area contributed by atoms with Gasteiger partial charge in [-0.1, -0.05) is 18.5 Å². The van der Waals surface area contributed by atoms with Gasteiger partial charge in [-0.3, -0.25) is 0 Å². The van der Waals surface area contributed by atoms with Crippen molar-refractivity contribution in [3.8, 4) is 0 Å². The molecule has 0 aliphatic heterocycles. The van der Waals surface area contributed by atoms with Gasteiger partial charge in [0.2, 0.25) is 0 Å². The van der Waals surface area contributed by atoms with E-state index in [2.05, 4.69) is 17.2 Å². The molecule has 0 amide bonds. The third kappa shape index (κ3) is 2.17. The predicted molar refractivity (Wildman–Crippen MR) is 64.2 cm³/mol. The maximum Gasteiger partial charge on any atom is 0.133 e. The molecular weight excluding hydrogens is 210 g/mol. The van der Waals surface area contributed by atoms with Crippen molar-refractivity contribution in [1.82, 2.24) is 4.98 Å². The molecule has 1 fully saturated rings. The molecule has 3 N–H and O–H groups in total. The number of halogens is 1. The molecule has 0 saturated heterocycles. The summed E-state index contributed by atoms with van der Waals surface area (Å²) < 4.78 is 0. The molecule has 0 atom stereocenters. The molecule has 2 rings (SSSR count). The fourth-order valence-electron chi connectivity index (χ4n) is 2.02. The van der Waals surface area contributed by atoms with Crippen LogP contribution in [0.4, 0.5) is 11.5 Å². The normalized spacial score (nSPS) is 18.3. The minimum Gasteiger partial charge on any atom is -0.399 e. The highest BCUT2D eigenvalue weighted by molar-refractivity contribution is 6.29. The number of hydrogen-bond acceptors (Lipinski definition) is 3. The van der Waals surface area contributed by atoms with Crippen LogP contribution < -0.4 is 11.1 Å². The Bertz CT molecular complexity index is 335. The Morgan fingerprint density at radius 1 is 1.53 bits per heavy atom. The molecule has 82 valence electrons. The van der Waals surface area contributed by atoms with E-state index in [0.29, 0.717) is 10.8 Å². The van der Waals surface area contributed by atoms with Crippen LogP contribution in [0.25, 0.3) is 0 Å². The average molecular weight is 226 g/mol. The molecule has 3 nitrogen and oxygen atoms in total. The number of rotatable bonds is 3. The fraction of sp³-hybridized carbons (Fsp3) is 0.545. The molecule has 0 aromatic carbocycles. The fourth-order valence-corrected chi connectivity index (χ4v) is 2.24. The summed E-state index contributed by atoms with van der Waals surface area (Å²) in [5.41, 5.74) is 6.60. The molecule has 1 aromatic rings. The predicted octanol–water partition coefficient (Wildman–Crippen LogP) is 3.06. The molecule has 0 unspecified atom stereocenters. The van der Waals surface area contributed by atoms with E-state index in [1.165, 1.54) is 19.3 Å². The van der Waals surface area contributed by atoms with E-state index in [4.69, 9.17) is 17.3 Å². The number of nitrogens with zero attached hydrogens (tertiary/aromatic N) is 1. The Morgan fingerprint density at radius 3 is 2.73 bits per heavy atom. The summed E-state index contributed by atoms with van der Waals surface area (Å²) in [6, 6.07) is 3.49. The number of nitrogen functional groups attached to an aromatic ring is 1. The van der Waals surface area contributed by atoms with Crippen LogP contribution in [0.2, 0.25) is 5.15 Å². The third-order valence-corrected chi connectivity index (χ3v) is 3.39. The first-order valence-electron chi connectivity index (χ1n) is 5.35. The van der Waals surface area contributed by atoms with Crippen molar-refractivity contribution in [1.29, 1.82) is 0 Å². The van der Waals surface area contributed by atoms with Gasteiger partial charge in [-0.2, -0.15) is 0 Å². The van der Waals surface area contributed by atoms with Crippen LogP contribution in [0.15, 0.2) is 12.1 Å². The maximum atomic E-state index is 5.85. The summed E-state index contributed by atoms with van der Waals surface area (Å²) in [6.45, 7) is 2.19. The second kappa shape index (κ2) is 3.89. The van der Waals surface area contributed by atoms with E-state index >= 15 is 0 Å². The lowest BCUT2D eigenvalue weighted by molar-refractivity contribution is 0.269. The SMILES string of the molecule is CCC1(Nc2cc(N)cc(Cl)n2)CCC1. The lowest BCUT2D eigenvalue weighted by atomic mass is 9.75.